The highest BCUT2D eigenvalue weighted by molar-refractivity contribution is 5.97. The van der Waals surface area contributed by atoms with Gasteiger partial charge in [-0.3, -0.25) is 9.59 Å². The lowest BCUT2D eigenvalue weighted by atomic mass is 10.2. The van der Waals surface area contributed by atoms with Crippen molar-refractivity contribution in [1.82, 2.24) is 14.7 Å². The Morgan fingerprint density at radius 3 is 2.58 bits per heavy atom. The van der Waals surface area contributed by atoms with E-state index < -0.39 is 23.6 Å². The maximum Gasteiger partial charge on any atom is 0.416 e. The number of carbonyl (C=O) groups excluding carboxylic acids is 2. The molecule has 1 aromatic heterocycles. The van der Waals surface area contributed by atoms with Crippen molar-refractivity contribution in [2.24, 2.45) is 5.73 Å². The number of nitrogens with zero attached hydrogens (tertiary/aromatic N) is 3. The Bertz CT molecular complexity index is 783. The van der Waals surface area contributed by atoms with E-state index in [-0.39, 0.29) is 17.8 Å². The summed E-state index contributed by atoms with van der Waals surface area (Å²) in [5, 5.41) is 3.98. The normalized spacial score (nSPS) is 11.4. The van der Waals surface area contributed by atoms with Crippen molar-refractivity contribution in [2.75, 3.05) is 13.6 Å². The summed E-state index contributed by atoms with van der Waals surface area (Å²) in [6, 6.07) is 4.62. The highest BCUT2D eigenvalue weighted by Crippen LogP contribution is 2.30. The van der Waals surface area contributed by atoms with Crippen molar-refractivity contribution in [3.05, 3.63) is 47.3 Å². The minimum Gasteiger partial charge on any atom is -0.368 e. The number of likely N-dealkylation sites (N-methyl/N-ethyl adjacent to an activating group) is 1. The summed E-state index contributed by atoms with van der Waals surface area (Å²) in [6.45, 7) is 1.28. The number of carbonyl (C=O) groups is 2. The molecule has 0 fully saturated rings. The number of primary amides is 1. The maximum absolute atomic E-state index is 12.8. The van der Waals surface area contributed by atoms with Crippen molar-refractivity contribution in [2.45, 2.75) is 13.1 Å². The minimum atomic E-state index is -4.47. The molecule has 0 aliphatic heterocycles. The molecule has 1 heterocycles. The molecule has 128 valence electrons. The SMILES string of the molecule is Cc1c(C(=O)N(C)CC(N)=O)cnn1-c1cccc(C(F)(F)F)c1. The van der Waals surface area contributed by atoms with Crippen LogP contribution in [0.1, 0.15) is 21.6 Å². The van der Waals surface area contributed by atoms with Crippen LogP contribution in [0.15, 0.2) is 30.5 Å². The minimum absolute atomic E-state index is 0.177. The topological polar surface area (TPSA) is 81.2 Å². The van der Waals surface area contributed by atoms with Crippen molar-refractivity contribution < 1.29 is 22.8 Å². The Kier molecular flexibility index (Phi) is 4.63. The summed E-state index contributed by atoms with van der Waals surface area (Å²) in [7, 11) is 1.40. The van der Waals surface area contributed by atoms with E-state index in [0.717, 1.165) is 17.0 Å². The molecule has 0 aliphatic rings. The first-order chi connectivity index (χ1) is 11.1. The van der Waals surface area contributed by atoms with Gasteiger partial charge in [0.05, 0.1) is 35.2 Å². The smallest absolute Gasteiger partial charge is 0.368 e. The van der Waals surface area contributed by atoms with Gasteiger partial charge in [0.2, 0.25) is 5.91 Å². The molecule has 2 aromatic rings. The molecule has 0 aliphatic carbocycles. The third-order valence-electron chi connectivity index (χ3n) is 3.40. The first-order valence-corrected chi connectivity index (χ1v) is 6.87. The third-order valence-corrected chi connectivity index (χ3v) is 3.40. The monoisotopic (exact) mass is 340 g/mol. The zero-order valence-electron chi connectivity index (χ0n) is 13.0. The van der Waals surface area contributed by atoms with Gasteiger partial charge in [-0.1, -0.05) is 6.07 Å². The Morgan fingerprint density at radius 1 is 1.33 bits per heavy atom. The largest absolute Gasteiger partial charge is 0.416 e. The van der Waals surface area contributed by atoms with Gasteiger partial charge in [-0.25, -0.2) is 4.68 Å². The zero-order chi connectivity index (χ0) is 18.1. The Hall–Kier alpha value is -2.84. The fourth-order valence-corrected chi connectivity index (χ4v) is 2.21. The van der Waals surface area contributed by atoms with Gasteiger partial charge in [-0.05, 0) is 25.1 Å². The van der Waals surface area contributed by atoms with Crippen molar-refractivity contribution in [3.63, 3.8) is 0 Å². The van der Waals surface area contributed by atoms with E-state index in [2.05, 4.69) is 5.10 Å². The zero-order valence-corrected chi connectivity index (χ0v) is 13.0. The average Bonchev–Trinajstić information content (AvgIpc) is 2.86. The van der Waals surface area contributed by atoms with Crippen molar-refractivity contribution in [3.8, 4) is 5.69 Å². The molecular formula is C15H15F3N4O2. The molecule has 2 amide bonds. The molecule has 9 heteroatoms. The molecule has 0 saturated carbocycles. The van der Waals surface area contributed by atoms with Gasteiger partial charge in [-0.15, -0.1) is 0 Å². The number of hydrogen-bond acceptors (Lipinski definition) is 3. The number of hydrogen-bond donors (Lipinski definition) is 1. The second-order valence-corrected chi connectivity index (χ2v) is 5.23. The van der Waals surface area contributed by atoms with Crippen LogP contribution in [0.4, 0.5) is 13.2 Å². The van der Waals surface area contributed by atoms with Crippen LogP contribution in [0, 0.1) is 6.92 Å². The van der Waals surface area contributed by atoms with Crippen LogP contribution in [0.2, 0.25) is 0 Å². The highest BCUT2D eigenvalue weighted by atomic mass is 19.4. The van der Waals surface area contributed by atoms with Crippen LogP contribution in [-0.4, -0.2) is 40.1 Å². The van der Waals surface area contributed by atoms with Crippen LogP contribution in [0.5, 0.6) is 0 Å². The molecular weight excluding hydrogens is 325 g/mol. The number of amides is 2. The molecule has 0 saturated heterocycles. The first-order valence-electron chi connectivity index (χ1n) is 6.87. The molecule has 2 rings (SSSR count). The van der Waals surface area contributed by atoms with E-state index in [1.807, 2.05) is 0 Å². The van der Waals surface area contributed by atoms with Crippen LogP contribution in [0.25, 0.3) is 5.69 Å². The first kappa shape index (κ1) is 17.5. The fraction of sp³-hybridized carbons (Fsp3) is 0.267. The predicted molar refractivity (Wildman–Crippen MR) is 79.5 cm³/mol. The second-order valence-electron chi connectivity index (χ2n) is 5.23. The molecule has 0 radical (unpaired) electrons. The van der Waals surface area contributed by atoms with Crippen molar-refractivity contribution in [1.29, 1.82) is 0 Å². The average molecular weight is 340 g/mol. The van der Waals surface area contributed by atoms with Crippen LogP contribution in [0.3, 0.4) is 0 Å². The van der Waals surface area contributed by atoms with Gasteiger partial charge in [-0.2, -0.15) is 18.3 Å². The number of rotatable bonds is 4. The van der Waals surface area contributed by atoms with Gasteiger partial charge >= 0.3 is 6.18 Å². The van der Waals surface area contributed by atoms with E-state index in [1.165, 1.54) is 30.1 Å². The summed E-state index contributed by atoms with van der Waals surface area (Å²) >= 11 is 0. The van der Waals surface area contributed by atoms with E-state index in [0.29, 0.717) is 5.69 Å². The van der Waals surface area contributed by atoms with Gasteiger partial charge in [0.25, 0.3) is 5.91 Å². The van der Waals surface area contributed by atoms with E-state index >= 15 is 0 Å². The number of nitrogens with two attached hydrogens (primary N) is 1. The molecule has 24 heavy (non-hydrogen) atoms. The summed E-state index contributed by atoms with van der Waals surface area (Å²) in [5.74, 6) is -1.17. The standard InChI is InChI=1S/C15H15F3N4O2/c1-9-12(14(24)21(2)8-13(19)23)7-20-22(9)11-5-3-4-10(6-11)15(16,17)18/h3-7H,8H2,1-2H3,(H2,19,23). The number of benzene rings is 1. The lowest BCUT2D eigenvalue weighted by molar-refractivity contribution is -0.137. The summed E-state index contributed by atoms with van der Waals surface area (Å²) in [6.07, 6.45) is -3.23. The molecule has 0 unspecified atom stereocenters. The highest BCUT2D eigenvalue weighted by Gasteiger charge is 2.31. The van der Waals surface area contributed by atoms with Gasteiger partial charge in [0.15, 0.2) is 0 Å². The summed E-state index contributed by atoms with van der Waals surface area (Å²) in [5.41, 5.74) is 4.94. The maximum atomic E-state index is 12.8. The number of halogens is 3. The lowest BCUT2D eigenvalue weighted by Crippen LogP contribution is -2.35. The molecule has 2 N–H and O–H groups in total. The van der Waals surface area contributed by atoms with E-state index in [4.69, 9.17) is 5.73 Å². The van der Waals surface area contributed by atoms with Crippen molar-refractivity contribution >= 4 is 11.8 Å². The molecule has 6 nitrogen and oxygen atoms in total. The third kappa shape index (κ3) is 3.55. The lowest BCUT2D eigenvalue weighted by Gasteiger charge is -2.15. The number of alkyl halides is 3. The number of aromatic nitrogens is 2. The van der Waals surface area contributed by atoms with E-state index in [9.17, 15) is 22.8 Å². The van der Waals surface area contributed by atoms with Crippen LogP contribution in [-0.2, 0) is 11.0 Å². The molecule has 1 aromatic carbocycles. The summed E-state index contributed by atoms with van der Waals surface area (Å²) < 4.78 is 39.7. The Balaban J connectivity index is 2.37. The second kappa shape index (κ2) is 6.34. The Morgan fingerprint density at radius 2 is 2.00 bits per heavy atom. The molecule has 0 spiro atoms. The quantitative estimate of drug-likeness (QED) is 0.921. The van der Waals surface area contributed by atoms with Crippen LogP contribution >= 0.6 is 0 Å². The fourth-order valence-electron chi connectivity index (χ4n) is 2.21. The van der Waals surface area contributed by atoms with Crippen LogP contribution < -0.4 is 5.73 Å². The van der Waals surface area contributed by atoms with Gasteiger partial charge in [0, 0.05) is 7.05 Å². The van der Waals surface area contributed by atoms with E-state index in [1.54, 1.807) is 6.92 Å². The summed E-state index contributed by atoms with van der Waals surface area (Å²) in [4.78, 5) is 24.3. The molecule has 0 bridgehead atoms. The predicted octanol–water partition coefficient (Wildman–Crippen LogP) is 1.76. The van der Waals surface area contributed by atoms with Gasteiger partial charge < -0.3 is 10.6 Å². The van der Waals surface area contributed by atoms with Gasteiger partial charge in [0.1, 0.15) is 0 Å². The molecule has 0 atom stereocenters. The Labute approximate surface area is 135 Å².